The van der Waals surface area contributed by atoms with E-state index < -0.39 is 12.0 Å². The van der Waals surface area contributed by atoms with Crippen molar-refractivity contribution in [2.24, 2.45) is 11.1 Å². The van der Waals surface area contributed by atoms with Crippen molar-refractivity contribution in [1.29, 1.82) is 0 Å². The molecule has 0 aliphatic rings. The monoisotopic (exact) mass is 284 g/mol. The van der Waals surface area contributed by atoms with Crippen LogP contribution >= 0.6 is 0 Å². The van der Waals surface area contributed by atoms with E-state index in [9.17, 15) is 9.59 Å². The summed E-state index contributed by atoms with van der Waals surface area (Å²) in [5.74, 6) is -1.14. The minimum atomic E-state index is -0.691. The molecule has 0 saturated heterocycles. The van der Waals surface area contributed by atoms with Crippen LogP contribution in [0.5, 0.6) is 0 Å². The molecule has 20 heavy (non-hydrogen) atoms. The molecular weight excluding hydrogens is 264 g/mol. The SMILES string of the molecule is CCOC(=O)c1nnc(CNC(=O)C(N)C(C)(C)C)o1. The molecule has 1 atom stereocenters. The third kappa shape index (κ3) is 4.30. The number of carbonyl (C=O) groups is 2. The number of nitrogens with two attached hydrogens (primary N) is 1. The lowest BCUT2D eigenvalue weighted by Gasteiger charge is -2.25. The number of hydrogen-bond donors (Lipinski definition) is 2. The fourth-order valence-electron chi connectivity index (χ4n) is 1.27. The third-order valence-electron chi connectivity index (χ3n) is 2.55. The van der Waals surface area contributed by atoms with Gasteiger partial charge < -0.3 is 20.2 Å². The number of esters is 1. The van der Waals surface area contributed by atoms with Crippen molar-refractivity contribution in [3.8, 4) is 0 Å². The number of aromatic nitrogens is 2. The van der Waals surface area contributed by atoms with Crippen LogP contribution in [0.3, 0.4) is 0 Å². The standard InChI is InChI=1S/C12H20N4O4/c1-5-19-11(18)10-16-15-7(20-10)6-14-9(17)8(13)12(2,3)4/h8H,5-6,13H2,1-4H3,(H,14,17). The van der Waals surface area contributed by atoms with Gasteiger partial charge in [0, 0.05) is 0 Å². The van der Waals surface area contributed by atoms with Gasteiger partial charge in [0.15, 0.2) is 0 Å². The fourth-order valence-corrected chi connectivity index (χ4v) is 1.27. The molecule has 1 amide bonds. The van der Waals surface area contributed by atoms with Crippen LogP contribution in [0, 0.1) is 5.41 Å². The van der Waals surface area contributed by atoms with Gasteiger partial charge >= 0.3 is 11.9 Å². The summed E-state index contributed by atoms with van der Waals surface area (Å²) in [6, 6.07) is -0.657. The Bertz CT molecular complexity index is 478. The molecule has 3 N–H and O–H groups in total. The molecule has 0 aromatic carbocycles. The molecule has 0 saturated carbocycles. The molecule has 1 unspecified atom stereocenters. The molecule has 1 rings (SSSR count). The first-order valence-electron chi connectivity index (χ1n) is 6.28. The van der Waals surface area contributed by atoms with E-state index in [0.717, 1.165) is 0 Å². The molecule has 0 radical (unpaired) electrons. The Morgan fingerprint density at radius 1 is 1.40 bits per heavy atom. The molecule has 0 bridgehead atoms. The second kappa shape index (κ2) is 6.47. The highest BCUT2D eigenvalue weighted by molar-refractivity contribution is 5.84. The van der Waals surface area contributed by atoms with Crippen LogP contribution in [0.4, 0.5) is 0 Å². The fraction of sp³-hybridized carbons (Fsp3) is 0.667. The second-order valence-electron chi connectivity index (χ2n) is 5.28. The van der Waals surface area contributed by atoms with Gasteiger partial charge in [-0.2, -0.15) is 0 Å². The van der Waals surface area contributed by atoms with E-state index in [1.807, 2.05) is 20.8 Å². The van der Waals surface area contributed by atoms with Gasteiger partial charge in [-0.1, -0.05) is 20.8 Å². The summed E-state index contributed by atoms with van der Waals surface area (Å²) in [6.45, 7) is 7.49. The van der Waals surface area contributed by atoms with E-state index in [4.69, 9.17) is 14.9 Å². The Kier molecular flexibility index (Phi) is 5.20. The van der Waals surface area contributed by atoms with Crippen LogP contribution in [-0.2, 0) is 16.1 Å². The van der Waals surface area contributed by atoms with E-state index >= 15 is 0 Å². The van der Waals surface area contributed by atoms with Crippen LogP contribution < -0.4 is 11.1 Å². The van der Waals surface area contributed by atoms with Crippen LogP contribution in [0.1, 0.15) is 44.3 Å². The van der Waals surface area contributed by atoms with Crippen molar-refractivity contribution < 1.29 is 18.7 Å². The van der Waals surface area contributed by atoms with Crippen LogP contribution in [0.15, 0.2) is 4.42 Å². The van der Waals surface area contributed by atoms with Crippen molar-refractivity contribution in [2.45, 2.75) is 40.3 Å². The van der Waals surface area contributed by atoms with E-state index in [2.05, 4.69) is 15.5 Å². The zero-order valence-corrected chi connectivity index (χ0v) is 12.1. The van der Waals surface area contributed by atoms with Gasteiger partial charge in [-0.3, -0.25) is 4.79 Å². The van der Waals surface area contributed by atoms with Gasteiger partial charge in [0.2, 0.25) is 11.8 Å². The molecule has 1 heterocycles. The van der Waals surface area contributed by atoms with E-state index in [1.54, 1.807) is 6.92 Å². The van der Waals surface area contributed by atoms with Gasteiger partial charge in [-0.05, 0) is 12.3 Å². The van der Waals surface area contributed by atoms with Gasteiger partial charge in [0.1, 0.15) is 0 Å². The number of nitrogens with one attached hydrogen (secondary N) is 1. The summed E-state index contributed by atoms with van der Waals surface area (Å²) in [6.07, 6.45) is 0. The highest BCUT2D eigenvalue weighted by atomic mass is 16.5. The predicted molar refractivity (Wildman–Crippen MR) is 69.5 cm³/mol. The van der Waals surface area contributed by atoms with E-state index in [1.165, 1.54) is 0 Å². The van der Waals surface area contributed by atoms with E-state index in [-0.39, 0.29) is 36.3 Å². The first kappa shape index (κ1) is 16.1. The molecule has 0 aliphatic carbocycles. The minimum Gasteiger partial charge on any atom is -0.459 e. The largest absolute Gasteiger partial charge is 0.459 e. The Hall–Kier alpha value is -1.96. The third-order valence-corrected chi connectivity index (χ3v) is 2.55. The minimum absolute atomic E-state index is 0.00895. The first-order chi connectivity index (χ1) is 9.25. The highest BCUT2D eigenvalue weighted by Gasteiger charge is 2.27. The van der Waals surface area contributed by atoms with Gasteiger partial charge in [-0.25, -0.2) is 4.79 Å². The number of rotatable bonds is 5. The Morgan fingerprint density at radius 3 is 2.60 bits per heavy atom. The number of nitrogens with zero attached hydrogens (tertiary/aromatic N) is 2. The van der Waals surface area contributed by atoms with Crippen LogP contribution in [0.25, 0.3) is 0 Å². The Labute approximate surface area is 117 Å². The summed E-state index contributed by atoms with van der Waals surface area (Å²) in [5, 5.41) is 9.75. The molecule has 112 valence electrons. The number of ether oxygens (including phenoxy) is 1. The molecule has 1 aromatic heterocycles. The lowest BCUT2D eigenvalue weighted by Crippen LogP contribution is -2.48. The van der Waals surface area contributed by atoms with Crippen LogP contribution in [0.2, 0.25) is 0 Å². The van der Waals surface area contributed by atoms with Crippen molar-refractivity contribution in [3.63, 3.8) is 0 Å². The lowest BCUT2D eigenvalue weighted by molar-refractivity contribution is -0.124. The number of carbonyl (C=O) groups excluding carboxylic acids is 2. The predicted octanol–water partition coefficient (Wildman–Crippen LogP) is 0.236. The maximum Gasteiger partial charge on any atom is 0.396 e. The van der Waals surface area contributed by atoms with Gasteiger partial charge in [-0.15, -0.1) is 10.2 Å². The summed E-state index contributed by atoms with van der Waals surface area (Å²) in [4.78, 5) is 23.1. The maximum absolute atomic E-state index is 11.8. The summed E-state index contributed by atoms with van der Waals surface area (Å²) < 4.78 is 9.77. The summed E-state index contributed by atoms with van der Waals surface area (Å²) >= 11 is 0. The molecule has 0 spiro atoms. The topological polar surface area (TPSA) is 120 Å². The second-order valence-corrected chi connectivity index (χ2v) is 5.28. The molecule has 0 fully saturated rings. The van der Waals surface area contributed by atoms with Crippen LogP contribution in [-0.4, -0.2) is 34.7 Å². The zero-order chi connectivity index (χ0) is 15.3. The van der Waals surface area contributed by atoms with Gasteiger partial charge in [0.05, 0.1) is 19.2 Å². The average Bonchev–Trinajstić information content (AvgIpc) is 2.83. The maximum atomic E-state index is 11.8. The quantitative estimate of drug-likeness (QED) is 0.743. The van der Waals surface area contributed by atoms with Gasteiger partial charge in [0.25, 0.3) is 0 Å². The Morgan fingerprint density at radius 2 is 2.05 bits per heavy atom. The molecule has 8 nitrogen and oxygen atoms in total. The lowest BCUT2D eigenvalue weighted by atomic mass is 9.87. The number of amides is 1. The summed E-state index contributed by atoms with van der Waals surface area (Å²) in [7, 11) is 0. The zero-order valence-electron chi connectivity index (χ0n) is 12.1. The highest BCUT2D eigenvalue weighted by Crippen LogP contribution is 2.17. The smallest absolute Gasteiger partial charge is 0.396 e. The summed E-state index contributed by atoms with van der Waals surface area (Å²) in [5.41, 5.74) is 5.45. The average molecular weight is 284 g/mol. The molecule has 1 aromatic rings. The van der Waals surface area contributed by atoms with Crippen molar-refractivity contribution in [1.82, 2.24) is 15.5 Å². The number of hydrogen-bond acceptors (Lipinski definition) is 7. The van der Waals surface area contributed by atoms with Crippen molar-refractivity contribution >= 4 is 11.9 Å². The molecule has 0 aliphatic heterocycles. The normalized spacial score (nSPS) is 12.8. The molecule has 8 heteroatoms. The first-order valence-corrected chi connectivity index (χ1v) is 6.28. The Balaban J connectivity index is 2.55. The van der Waals surface area contributed by atoms with Crippen molar-refractivity contribution in [3.05, 3.63) is 11.8 Å². The van der Waals surface area contributed by atoms with E-state index in [0.29, 0.717) is 0 Å². The molecular formula is C12H20N4O4. The van der Waals surface area contributed by atoms with Crippen molar-refractivity contribution in [2.75, 3.05) is 6.61 Å².